The highest BCUT2D eigenvalue weighted by atomic mass is 16.7. The molecule has 1 unspecified atom stereocenters. The van der Waals surface area contributed by atoms with E-state index in [4.69, 9.17) is 18.9 Å². The molecule has 0 aliphatic carbocycles. The summed E-state index contributed by atoms with van der Waals surface area (Å²) < 4.78 is 21.2. The maximum atomic E-state index is 12.7. The molecule has 0 saturated carbocycles. The molecule has 4 rings (SSSR count). The van der Waals surface area contributed by atoms with E-state index in [0.717, 1.165) is 0 Å². The molecule has 2 aromatic rings. The van der Waals surface area contributed by atoms with Crippen LogP contribution in [0.2, 0.25) is 0 Å². The number of amides is 2. The molecule has 1 fully saturated rings. The van der Waals surface area contributed by atoms with Crippen LogP contribution in [0.1, 0.15) is 6.42 Å². The van der Waals surface area contributed by atoms with Crippen LogP contribution >= 0.6 is 0 Å². The molecule has 0 aromatic heterocycles. The first kappa shape index (κ1) is 19.1. The van der Waals surface area contributed by atoms with Crippen molar-refractivity contribution in [2.45, 2.75) is 6.42 Å². The molecule has 8 nitrogen and oxygen atoms in total. The molecule has 0 spiro atoms. The molecular weight excluding hydrogens is 376 g/mol. The van der Waals surface area contributed by atoms with E-state index in [0.29, 0.717) is 48.4 Å². The monoisotopic (exact) mass is 398 g/mol. The summed E-state index contributed by atoms with van der Waals surface area (Å²) in [6.45, 7) is 1.40. The minimum Gasteiger partial charge on any atom is -0.491 e. The third-order valence-electron chi connectivity index (χ3n) is 4.82. The highest BCUT2D eigenvalue weighted by Gasteiger charge is 2.35. The van der Waals surface area contributed by atoms with E-state index < -0.39 is 5.92 Å². The third kappa shape index (κ3) is 4.27. The summed E-state index contributed by atoms with van der Waals surface area (Å²) in [5, 5.41) is 2.88. The number of carbonyl (C=O) groups excluding carboxylic acids is 2. The number of rotatable bonds is 7. The average Bonchev–Trinajstić information content (AvgIpc) is 3.34. The van der Waals surface area contributed by atoms with Gasteiger partial charge < -0.3 is 29.2 Å². The van der Waals surface area contributed by atoms with Gasteiger partial charge >= 0.3 is 0 Å². The Balaban J connectivity index is 1.39. The van der Waals surface area contributed by atoms with Gasteiger partial charge in [-0.2, -0.15) is 0 Å². The van der Waals surface area contributed by atoms with Gasteiger partial charge in [0.05, 0.1) is 12.5 Å². The van der Waals surface area contributed by atoms with E-state index >= 15 is 0 Å². The van der Waals surface area contributed by atoms with Crippen LogP contribution in [0.4, 0.5) is 11.4 Å². The number of methoxy groups -OCH3 is 1. The Hall–Kier alpha value is -3.26. The van der Waals surface area contributed by atoms with Crippen molar-refractivity contribution in [2.75, 3.05) is 43.9 Å². The molecule has 2 aliphatic rings. The van der Waals surface area contributed by atoms with Crippen molar-refractivity contribution in [3.05, 3.63) is 42.5 Å². The standard InChI is InChI=1S/C21H22N2O6/c1-26-7-8-27-17-4-2-3-15(10-17)22-21(25)14-9-20(24)23(12-14)16-5-6-18-19(11-16)29-13-28-18/h2-6,10-11,14H,7-9,12-13H2,1H3,(H,22,25). The summed E-state index contributed by atoms with van der Waals surface area (Å²) in [5.74, 6) is 1.17. The quantitative estimate of drug-likeness (QED) is 0.721. The topological polar surface area (TPSA) is 86.3 Å². The third-order valence-corrected chi connectivity index (χ3v) is 4.82. The fourth-order valence-electron chi connectivity index (χ4n) is 3.34. The first-order chi connectivity index (χ1) is 14.1. The second-order valence-electron chi connectivity index (χ2n) is 6.80. The SMILES string of the molecule is COCCOc1cccc(NC(=O)C2CC(=O)N(c3ccc4c(c3)OCO4)C2)c1. The molecule has 2 heterocycles. The summed E-state index contributed by atoms with van der Waals surface area (Å²) in [4.78, 5) is 26.8. The van der Waals surface area contributed by atoms with E-state index in [-0.39, 0.29) is 25.0 Å². The molecule has 1 N–H and O–H groups in total. The van der Waals surface area contributed by atoms with Crippen molar-refractivity contribution in [2.24, 2.45) is 5.92 Å². The van der Waals surface area contributed by atoms with Crippen LogP contribution in [0, 0.1) is 5.92 Å². The molecule has 29 heavy (non-hydrogen) atoms. The number of nitrogens with one attached hydrogen (secondary N) is 1. The van der Waals surface area contributed by atoms with E-state index in [2.05, 4.69) is 5.32 Å². The molecule has 0 bridgehead atoms. The fourth-order valence-corrected chi connectivity index (χ4v) is 3.34. The van der Waals surface area contributed by atoms with Gasteiger partial charge in [-0.1, -0.05) is 6.07 Å². The van der Waals surface area contributed by atoms with Gasteiger partial charge in [0.25, 0.3) is 0 Å². The Bertz CT molecular complexity index is 916. The van der Waals surface area contributed by atoms with E-state index in [9.17, 15) is 9.59 Å². The minimum atomic E-state index is -0.439. The van der Waals surface area contributed by atoms with Crippen molar-refractivity contribution in [1.29, 1.82) is 0 Å². The highest BCUT2D eigenvalue weighted by Crippen LogP contribution is 2.37. The predicted octanol–water partition coefficient (Wildman–Crippen LogP) is 2.43. The van der Waals surface area contributed by atoms with Crippen LogP contribution < -0.4 is 24.4 Å². The van der Waals surface area contributed by atoms with Gasteiger partial charge in [-0.15, -0.1) is 0 Å². The molecule has 8 heteroatoms. The van der Waals surface area contributed by atoms with E-state index in [1.165, 1.54) is 0 Å². The van der Waals surface area contributed by atoms with Crippen LogP contribution in [-0.4, -0.2) is 45.5 Å². The highest BCUT2D eigenvalue weighted by molar-refractivity contribution is 6.03. The summed E-state index contributed by atoms with van der Waals surface area (Å²) >= 11 is 0. The Morgan fingerprint density at radius 3 is 2.90 bits per heavy atom. The van der Waals surface area contributed by atoms with Gasteiger partial charge in [0.15, 0.2) is 11.5 Å². The number of hydrogen-bond donors (Lipinski definition) is 1. The second kappa shape index (κ2) is 8.40. The Morgan fingerprint density at radius 2 is 2.03 bits per heavy atom. The summed E-state index contributed by atoms with van der Waals surface area (Å²) in [6.07, 6.45) is 0.157. The number of fused-ring (bicyclic) bond motifs is 1. The lowest BCUT2D eigenvalue weighted by Gasteiger charge is -2.17. The molecule has 1 atom stereocenters. The summed E-state index contributed by atoms with van der Waals surface area (Å²) in [5.41, 5.74) is 1.32. The van der Waals surface area contributed by atoms with Gasteiger partial charge in [0, 0.05) is 43.6 Å². The molecule has 0 radical (unpaired) electrons. The van der Waals surface area contributed by atoms with Crippen LogP contribution in [0.25, 0.3) is 0 Å². The van der Waals surface area contributed by atoms with E-state index in [1.54, 1.807) is 48.4 Å². The van der Waals surface area contributed by atoms with Gasteiger partial charge in [-0.05, 0) is 24.3 Å². The smallest absolute Gasteiger partial charge is 0.231 e. The summed E-state index contributed by atoms with van der Waals surface area (Å²) in [7, 11) is 1.61. The molecule has 2 amide bonds. The first-order valence-corrected chi connectivity index (χ1v) is 9.37. The van der Waals surface area contributed by atoms with Crippen molar-refractivity contribution < 1.29 is 28.5 Å². The van der Waals surface area contributed by atoms with Crippen molar-refractivity contribution in [3.63, 3.8) is 0 Å². The predicted molar refractivity (Wildman–Crippen MR) is 105 cm³/mol. The lowest BCUT2D eigenvalue weighted by atomic mass is 10.1. The maximum absolute atomic E-state index is 12.7. The zero-order valence-electron chi connectivity index (χ0n) is 16.1. The number of benzene rings is 2. The Kier molecular flexibility index (Phi) is 5.53. The normalized spacial score (nSPS) is 17.5. The zero-order valence-corrected chi connectivity index (χ0v) is 16.1. The Labute approximate surface area is 168 Å². The number of nitrogens with zero attached hydrogens (tertiary/aromatic N) is 1. The molecule has 152 valence electrons. The minimum absolute atomic E-state index is 0.0966. The molecule has 2 aromatic carbocycles. The average molecular weight is 398 g/mol. The van der Waals surface area contributed by atoms with Crippen molar-refractivity contribution in [1.82, 2.24) is 0 Å². The lowest BCUT2D eigenvalue weighted by Crippen LogP contribution is -2.28. The van der Waals surface area contributed by atoms with Crippen molar-refractivity contribution >= 4 is 23.2 Å². The van der Waals surface area contributed by atoms with Gasteiger partial charge in [-0.25, -0.2) is 0 Å². The lowest BCUT2D eigenvalue weighted by molar-refractivity contribution is -0.122. The van der Waals surface area contributed by atoms with Gasteiger partial charge in [0.2, 0.25) is 18.6 Å². The maximum Gasteiger partial charge on any atom is 0.231 e. The van der Waals surface area contributed by atoms with Crippen LogP contribution in [0.3, 0.4) is 0 Å². The van der Waals surface area contributed by atoms with Crippen LogP contribution in [0.5, 0.6) is 17.2 Å². The van der Waals surface area contributed by atoms with Crippen LogP contribution in [0.15, 0.2) is 42.5 Å². The molecule has 2 aliphatic heterocycles. The number of anilines is 2. The number of hydrogen-bond acceptors (Lipinski definition) is 6. The summed E-state index contributed by atoms with van der Waals surface area (Å²) in [6, 6.07) is 12.5. The van der Waals surface area contributed by atoms with Gasteiger partial charge in [-0.3, -0.25) is 9.59 Å². The van der Waals surface area contributed by atoms with E-state index in [1.807, 2.05) is 6.07 Å². The molecular formula is C21H22N2O6. The fraction of sp³-hybridized carbons (Fsp3) is 0.333. The number of carbonyl (C=O) groups is 2. The zero-order chi connectivity index (χ0) is 20.2. The molecule has 1 saturated heterocycles. The second-order valence-corrected chi connectivity index (χ2v) is 6.80. The number of ether oxygens (including phenoxy) is 4. The van der Waals surface area contributed by atoms with Crippen LogP contribution in [-0.2, 0) is 14.3 Å². The van der Waals surface area contributed by atoms with Crippen molar-refractivity contribution in [3.8, 4) is 17.2 Å². The largest absolute Gasteiger partial charge is 0.491 e. The first-order valence-electron chi connectivity index (χ1n) is 9.37. The Morgan fingerprint density at radius 1 is 1.17 bits per heavy atom. The van der Waals surface area contributed by atoms with Gasteiger partial charge in [0.1, 0.15) is 12.4 Å².